The fourth-order valence-electron chi connectivity index (χ4n) is 4.49. The second-order valence-electron chi connectivity index (χ2n) is 8.55. The van der Waals surface area contributed by atoms with Gasteiger partial charge in [-0.25, -0.2) is 12.7 Å². The van der Waals surface area contributed by atoms with Crippen molar-refractivity contribution in [3.63, 3.8) is 0 Å². The van der Waals surface area contributed by atoms with Crippen molar-refractivity contribution in [1.82, 2.24) is 9.62 Å². The van der Waals surface area contributed by atoms with Crippen LogP contribution >= 0.6 is 0 Å². The molecule has 2 amide bonds. The van der Waals surface area contributed by atoms with Gasteiger partial charge in [-0.05, 0) is 48.6 Å². The number of carbonyl (C=O) groups excluding carboxylic acids is 2. The van der Waals surface area contributed by atoms with Gasteiger partial charge in [-0.3, -0.25) is 9.59 Å². The van der Waals surface area contributed by atoms with Crippen molar-refractivity contribution in [3.05, 3.63) is 102 Å². The van der Waals surface area contributed by atoms with Gasteiger partial charge in [-0.1, -0.05) is 66.7 Å². The summed E-state index contributed by atoms with van der Waals surface area (Å²) >= 11 is 0. The Balaban J connectivity index is 1.53. The van der Waals surface area contributed by atoms with Gasteiger partial charge < -0.3 is 5.32 Å². The fraction of sp³-hybridized carbons (Fsp3) is 0.231. The summed E-state index contributed by atoms with van der Waals surface area (Å²) in [4.78, 5) is 26.3. The van der Waals surface area contributed by atoms with Gasteiger partial charge in [0.1, 0.15) is 5.41 Å². The molecular weight excluding hydrogens is 436 g/mol. The Hall–Kier alpha value is -3.45. The van der Waals surface area contributed by atoms with Crippen LogP contribution in [0.4, 0.5) is 0 Å². The number of hydrogen-bond donors (Lipinski definition) is 1. The largest absolute Gasteiger partial charge is 0.349 e. The highest BCUT2D eigenvalue weighted by molar-refractivity contribution is 7.89. The van der Waals surface area contributed by atoms with E-state index in [2.05, 4.69) is 5.32 Å². The molecule has 2 fully saturated rings. The molecule has 7 heteroatoms. The maximum atomic E-state index is 13.9. The van der Waals surface area contributed by atoms with E-state index in [1.807, 2.05) is 60.7 Å². The summed E-state index contributed by atoms with van der Waals surface area (Å²) in [6.07, 6.45) is 2.21. The summed E-state index contributed by atoms with van der Waals surface area (Å²) in [5.74, 6) is -0.780. The first kappa shape index (κ1) is 21.4. The van der Waals surface area contributed by atoms with E-state index in [9.17, 15) is 18.0 Å². The van der Waals surface area contributed by atoms with E-state index in [1.54, 1.807) is 6.07 Å². The average molecular weight is 461 g/mol. The van der Waals surface area contributed by atoms with Crippen molar-refractivity contribution in [3.8, 4) is 0 Å². The lowest BCUT2D eigenvalue weighted by molar-refractivity contribution is -0.127. The van der Waals surface area contributed by atoms with Gasteiger partial charge in [-0.2, -0.15) is 0 Å². The minimum Gasteiger partial charge on any atom is -0.349 e. The van der Waals surface area contributed by atoms with Crippen LogP contribution in [0.3, 0.4) is 0 Å². The van der Waals surface area contributed by atoms with Crippen LogP contribution in [0.2, 0.25) is 0 Å². The Morgan fingerprint density at radius 1 is 0.879 bits per heavy atom. The van der Waals surface area contributed by atoms with Gasteiger partial charge in [-0.15, -0.1) is 0 Å². The molecule has 2 aliphatic rings. The van der Waals surface area contributed by atoms with Crippen molar-refractivity contribution < 1.29 is 18.0 Å². The van der Waals surface area contributed by atoms with Crippen LogP contribution in [0.5, 0.6) is 0 Å². The molecule has 0 spiro atoms. The van der Waals surface area contributed by atoms with Crippen molar-refractivity contribution in [1.29, 1.82) is 0 Å². The molecular formula is C26H24N2O4S. The van der Waals surface area contributed by atoms with Crippen LogP contribution in [0, 0.1) is 0 Å². The molecule has 3 aromatic carbocycles. The molecule has 33 heavy (non-hydrogen) atoms. The minimum absolute atomic E-state index is 0.0590. The molecule has 0 atom stereocenters. The fourth-order valence-corrected chi connectivity index (χ4v) is 5.98. The quantitative estimate of drug-likeness (QED) is 0.610. The van der Waals surface area contributed by atoms with Crippen LogP contribution in [-0.4, -0.2) is 37.1 Å². The Bertz CT molecular complexity index is 1260. The Labute approximate surface area is 193 Å². The van der Waals surface area contributed by atoms with Gasteiger partial charge in [0, 0.05) is 18.2 Å². The van der Waals surface area contributed by atoms with Gasteiger partial charge in [0.2, 0.25) is 0 Å². The zero-order valence-electron chi connectivity index (χ0n) is 18.0. The normalized spacial score (nSPS) is 17.7. The Kier molecular flexibility index (Phi) is 5.29. The van der Waals surface area contributed by atoms with E-state index in [0.717, 1.165) is 28.3 Å². The molecule has 6 nitrogen and oxygen atoms in total. The second kappa shape index (κ2) is 8.15. The van der Waals surface area contributed by atoms with Crippen molar-refractivity contribution in [2.45, 2.75) is 35.6 Å². The summed E-state index contributed by atoms with van der Waals surface area (Å²) < 4.78 is 28.1. The van der Waals surface area contributed by atoms with Gasteiger partial charge in [0.05, 0.1) is 4.90 Å². The van der Waals surface area contributed by atoms with E-state index in [0.29, 0.717) is 6.42 Å². The molecule has 1 aliphatic carbocycles. The number of carbonyl (C=O) groups is 2. The zero-order chi connectivity index (χ0) is 23.1. The van der Waals surface area contributed by atoms with E-state index in [-0.39, 0.29) is 29.0 Å². The highest BCUT2D eigenvalue weighted by Gasteiger charge is 2.53. The monoisotopic (exact) mass is 460 g/mol. The van der Waals surface area contributed by atoms with Crippen molar-refractivity contribution >= 4 is 21.8 Å². The minimum atomic E-state index is -4.14. The lowest BCUT2D eigenvalue weighted by atomic mass is 9.73. The molecule has 5 rings (SSSR count). The van der Waals surface area contributed by atoms with E-state index in [4.69, 9.17) is 0 Å². The number of nitrogens with zero attached hydrogens (tertiary/aromatic N) is 1. The highest BCUT2D eigenvalue weighted by Crippen LogP contribution is 2.43. The van der Waals surface area contributed by atoms with Gasteiger partial charge in [0.15, 0.2) is 0 Å². The molecule has 3 aromatic rings. The van der Waals surface area contributed by atoms with Crippen LogP contribution in [0.15, 0.2) is 89.8 Å². The summed E-state index contributed by atoms with van der Waals surface area (Å²) in [5, 5.41) is 2.87. The summed E-state index contributed by atoms with van der Waals surface area (Å²) in [7, 11) is -4.14. The third-order valence-corrected chi connectivity index (χ3v) is 8.19. The van der Waals surface area contributed by atoms with E-state index >= 15 is 0 Å². The molecule has 0 bridgehead atoms. The average Bonchev–Trinajstić information content (AvgIpc) is 3.59. The molecule has 1 heterocycles. The molecule has 1 saturated heterocycles. The molecule has 1 saturated carbocycles. The maximum Gasteiger partial charge on any atom is 0.266 e. The standard InChI is InChI=1S/C26H24N2O4S/c29-24(27-22-14-15-22)19-8-7-13-23(18-19)33(31,32)28-17-16-26(25(28)30,20-9-3-1-4-10-20)21-11-5-2-6-12-21/h1-13,18,22H,14-17H2,(H,27,29). The molecule has 1 N–H and O–H groups in total. The maximum absolute atomic E-state index is 13.9. The predicted octanol–water partition coefficient (Wildman–Crippen LogP) is 3.49. The van der Waals surface area contributed by atoms with Gasteiger partial charge >= 0.3 is 0 Å². The number of hydrogen-bond acceptors (Lipinski definition) is 4. The first-order chi connectivity index (χ1) is 15.9. The number of nitrogens with one attached hydrogen (secondary N) is 1. The lowest BCUT2D eigenvalue weighted by Gasteiger charge is -2.29. The third-order valence-electron chi connectivity index (χ3n) is 6.41. The third kappa shape index (κ3) is 3.72. The molecule has 1 aliphatic heterocycles. The first-order valence-corrected chi connectivity index (χ1v) is 12.5. The van der Waals surface area contributed by atoms with E-state index in [1.165, 1.54) is 18.2 Å². The zero-order valence-corrected chi connectivity index (χ0v) is 18.8. The summed E-state index contributed by atoms with van der Waals surface area (Å²) in [5.41, 5.74) is 0.705. The summed E-state index contributed by atoms with van der Waals surface area (Å²) in [6.45, 7) is 0.0590. The molecule has 0 radical (unpaired) electrons. The van der Waals surface area contributed by atoms with Crippen LogP contribution in [0.25, 0.3) is 0 Å². The van der Waals surface area contributed by atoms with Crippen LogP contribution < -0.4 is 5.32 Å². The van der Waals surface area contributed by atoms with Crippen molar-refractivity contribution in [2.24, 2.45) is 0 Å². The number of amides is 2. The SMILES string of the molecule is O=C(NC1CC1)c1cccc(S(=O)(=O)N2CCC(c3ccccc3)(c3ccccc3)C2=O)c1. The number of benzene rings is 3. The van der Waals surface area contributed by atoms with Crippen LogP contribution in [0.1, 0.15) is 40.7 Å². The lowest BCUT2D eigenvalue weighted by Crippen LogP contribution is -2.41. The van der Waals surface area contributed by atoms with E-state index < -0.39 is 21.3 Å². The Morgan fingerprint density at radius 2 is 1.48 bits per heavy atom. The van der Waals surface area contributed by atoms with Gasteiger partial charge in [0.25, 0.3) is 21.8 Å². The van der Waals surface area contributed by atoms with Crippen molar-refractivity contribution in [2.75, 3.05) is 6.54 Å². The highest BCUT2D eigenvalue weighted by atomic mass is 32.2. The Morgan fingerprint density at radius 3 is 2.06 bits per heavy atom. The van der Waals surface area contributed by atoms with Crippen LogP contribution in [-0.2, 0) is 20.2 Å². The topological polar surface area (TPSA) is 83.6 Å². The first-order valence-electron chi connectivity index (χ1n) is 11.0. The number of sulfonamides is 1. The predicted molar refractivity (Wildman–Crippen MR) is 124 cm³/mol. The second-order valence-corrected chi connectivity index (χ2v) is 10.4. The number of rotatable bonds is 6. The molecule has 0 unspecified atom stereocenters. The molecule has 168 valence electrons. The molecule has 0 aromatic heterocycles. The smallest absolute Gasteiger partial charge is 0.266 e. The summed E-state index contributed by atoms with van der Waals surface area (Å²) in [6, 6.07) is 24.7.